The molecule has 0 aliphatic heterocycles. The molecule has 1 aromatic rings. The summed E-state index contributed by atoms with van der Waals surface area (Å²) in [6.45, 7) is 1.46. The van der Waals surface area contributed by atoms with E-state index in [0.29, 0.717) is 11.8 Å². The van der Waals surface area contributed by atoms with Gasteiger partial charge in [0.1, 0.15) is 5.82 Å². The van der Waals surface area contributed by atoms with Crippen LogP contribution in [0.1, 0.15) is 5.56 Å². The highest BCUT2D eigenvalue weighted by molar-refractivity contribution is 5.48. The lowest BCUT2D eigenvalue weighted by atomic mass is 10.3. The van der Waals surface area contributed by atoms with Crippen LogP contribution in [0, 0.1) is 6.92 Å². The SMILES string of the molecule is CNc1ncc(C)c(N(C)CC(F)F)n1. The van der Waals surface area contributed by atoms with Gasteiger partial charge in [0.25, 0.3) is 6.43 Å². The van der Waals surface area contributed by atoms with E-state index in [4.69, 9.17) is 0 Å². The third kappa shape index (κ3) is 3.00. The van der Waals surface area contributed by atoms with Gasteiger partial charge >= 0.3 is 0 Å². The molecule has 6 heteroatoms. The van der Waals surface area contributed by atoms with E-state index in [9.17, 15) is 8.78 Å². The molecule has 0 saturated carbocycles. The van der Waals surface area contributed by atoms with E-state index in [1.165, 1.54) is 4.90 Å². The van der Waals surface area contributed by atoms with Gasteiger partial charge in [-0.15, -0.1) is 0 Å². The highest BCUT2D eigenvalue weighted by Gasteiger charge is 2.12. The summed E-state index contributed by atoms with van der Waals surface area (Å²) in [4.78, 5) is 9.52. The normalized spacial score (nSPS) is 10.5. The predicted molar refractivity (Wildman–Crippen MR) is 55.6 cm³/mol. The number of halogens is 2. The predicted octanol–water partition coefficient (Wildman–Crippen LogP) is 1.53. The van der Waals surface area contributed by atoms with Crippen molar-refractivity contribution < 1.29 is 8.78 Å². The number of aromatic nitrogens is 2. The number of nitrogens with one attached hydrogen (secondary N) is 1. The van der Waals surface area contributed by atoms with E-state index in [1.54, 1.807) is 27.2 Å². The van der Waals surface area contributed by atoms with Crippen LogP contribution >= 0.6 is 0 Å². The molecule has 0 radical (unpaired) electrons. The first kappa shape index (κ1) is 11.6. The summed E-state index contributed by atoms with van der Waals surface area (Å²) in [6, 6.07) is 0. The van der Waals surface area contributed by atoms with Crippen LogP contribution in [-0.2, 0) is 0 Å². The maximum absolute atomic E-state index is 12.2. The molecule has 1 N–H and O–H groups in total. The van der Waals surface area contributed by atoms with Gasteiger partial charge < -0.3 is 10.2 Å². The smallest absolute Gasteiger partial charge is 0.255 e. The van der Waals surface area contributed by atoms with Crippen LogP contribution in [0.15, 0.2) is 6.20 Å². The van der Waals surface area contributed by atoms with Crippen molar-refractivity contribution >= 4 is 11.8 Å². The quantitative estimate of drug-likeness (QED) is 0.828. The molecule has 1 heterocycles. The first-order valence-electron chi connectivity index (χ1n) is 4.55. The van der Waals surface area contributed by atoms with Crippen molar-refractivity contribution in [3.63, 3.8) is 0 Å². The van der Waals surface area contributed by atoms with Crippen LogP contribution in [0.5, 0.6) is 0 Å². The van der Waals surface area contributed by atoms with Gasteiger partial charge in [0, 0.05) is 25.9 Å². The van der Waals surface area contributed by atoms with E-state index in [0.717, 1.165) is 5.56 Å². The van der Waals surface area contributed by atoms with Crippen molar-refractivity contribution in [2.45, 2.75) is 13.3 Å². The third-order valence-electron chi connectivity index (χ3n) is 1.94. The summed E-state index contributed by atoms with van der Waals surface area (Å²) in [5, 5.41) is 2.77. The summed E-state index contributed by atoms with van der Waals surface area (Å²) in [7, 11) is 3.27. The molecule has 0 saturated heterocycles. The van der Waals surface area contributed by atoms with Gasteiger partial charge in [-0.1, -0.05) is 0 Å². The lowest BCUT2D eigenvalue weighted by Crippen LogP contribution is -2.26. The zero-order valence-corrected chi connectivity index (χ0v) is 8.96. The van der Waals surface area contributed by atoms with E-state index >= 15 is 0 Å². The number of hydrogen-bond acceptors (Lipinski definition) is 4. The van der Waals surface area contributed by atoms with Gasteiger partial charge in [-0.05, 0) is 6.92 Å². The Hall–Kier alpha value is -1.46. The van der Waals surface area contributed by atoms with Gasteiger partial charge in [0.05, 0.1) is 6.54 Å². The highest BCUT2D eigenvalue weighted by Crippen LogP contribution is 2.17. The average Bonchev–Trinajstić information content (AvgIpc) is 2.17. The van der Waals surface area contributed by atoms with Crippen molar-refractivity contribution in [3.8, 4) is 0 Å². The summed E-state index contributed by atoms with van der Waals surface area (Å²) < 4.78 is 24.4. The zero-order chi connectivity index (χ0) is 11.4. The van der Waals surface area contributed by atoms with Gasteiger partial charge in [0.15, 0.2) is 0 Å². The largest absolute Gasteiger partial charge is 0.357 e. The second-order valence-electron chi connectivity index (χ2n) is 3.22. The van der Waals surface area contributed by atoms with Crippen molar-refractivity contribution in [1.29, 1.82) is 0 Å². The molecule has 1 aromatic heterocycles. The number of rotatable bonds is 4. The molecule has 0 aliphatic rings. The number of aryl methyl sites for hydroxylation is 1. The Bertz CT molecular complexity index is 330. The van der Waals surface area contributed by atoms with Crippen molar-refractivity contribution in [2.24, 2.45) is 0 Å². The van der Waals surface area contributed by atoms with Gasteiger partial charge in [0.2, 0.25) is 5.95 Å². The third-order valence-corrected chi connectivity index (χ3v) is 1.94. The summed E-state index contributed by atoms with van der Waals surface area (Å²) in [5.41, 5.74) is 0.775. The van der Waals surface area contributed by atoms with Gasteiger partial charge in [-0.3, -0.25) is 0 Å². The summed E-state index contributed by atoms with van der Waals surface area (Å²) >= 11 is 0. The van der Waals surface area contributed by atoms with E-state index < -0.39 is 6.43 Å². The number of anilines is 2. The molecule has 1 rings (SSSR count). The Balaban J connectivity index is 2.91. The van der Waals surface area contributed by atoms with E-state index in [1.807, 2.05) is 0 Å². The average molecular weight is 216 g/mol. The first-order chi connectivity index (χ1) is 7.04. The summed E-state index contributed by atoms with van der Waals surface area (Å²) in [5.74, 6) is 0.950. The van der Waals surface area contributed by atoms with Crippen LogP contribution in [0.3, 0.4) is 0 Å². The maximum atomic E-state index is 12.2. The van der Waals surface area contributed by atoms with Crippen molar-refractivity contribution in [3.05, 3.63) is 11.8 Å². The molecule has 84 valence electrons. The Labute approximate surface area is 87.3 Å². The van der Waals surface area contributed by atoms with Crippen LogP contribution < -0.4 is 10.2 Å². The second-order valence-corrected chi connectivity index (χ2v) is 3.22. The molecular weight excluding hydrogens is 202 g/mol. The van der Waals surface area contributed by atoms with Gasteiger partial charge in [-0.2, -0.15) is 4.98 Å². The molecule has 0 atom stereocenters. The summed E-state index contributed by atoms with van der Waals surface area (Å²) in [6.07, 6.45) is -0.765. The Kier molecular flexibility index (Phi) is 3.76. The molecule has 4 nitrogen and oxygen atoms in total. The fourth-order valence-electron chi connectivity index (χ4n) is 1.23. The molecule has 0 aromatic carbocycles. The maximum Gasteiger partial charge on any atom is 0.255 e. The lowest BCUT2D eigenvalue weighted by Gasteiger charge is -2.19. The number of alkyl halides is 2. The molecule has 0 bridgehead atoms. The Morgan fingerprint density at radius 3 is 2.73 bits per heavy atom. The minimum atomic E-state index is -2.37. The lowest BCUT2D eigenvalue weighted by molar-refractivity contribution is 0.156. The standard InChI is InChI=1S/C9H14F2N4/c1-6-4-13-9(12-2)14-8(6)15(3)5-7(10)11/h4,7H,5H2,1-3H3,(H,12,13,14). The van der Waals surface area contributed by atoms with Crippen molar-refractivity contribution in [1.82, 2.24) is 9.97 Å². The highest BCUT2D eigenvalue weighted by atomic mass is 19.3. The van der Waals surface area contributed by atoms with Crippen molar-refractivity contribution in [2.75, 3.05) is 30.9 Å². The fraction of sp³-hybridized carbons (Fsp3) is 0.556. The van der Waals surface area contributed by atoms with E-state index in [-0.39, 0.29) is 6.54 Å². The fourth-order valence-corrected chi connectivity index (χ4v) is 1.23. The minimum Gasteiger partial charge on any atom is -0.357 e. The molecule has 0 amide bonds. The molecule has 15 heavy (non-hydrogen) atoms. The number of nitrogens with zero attached hydrogens (tertiary/aromatic N) is 3. The number of hydrogen-bond donors (Lipinski definition) is 1. The molecule has 0 aliphatic carbocycles. The van der Waals surface area contributed by atoms with E-state index in [2.05, 4.69) is 15.3 Å². The van der Waals surface area contributed by atoms with Gasteiger partial charge in [-0.25, -0.2) is 13.8 Å². The van der Waals surface area contributed by atoms with Crippen LogP contribution in [0.4, 0.5) is 20.5 Å². The molecule has 0 unspecified atom stereocenters. The minimum absolute atomic E-state index is 0.332. The molecular formula is C9H14F2N4. The zero-order valence-electron chi connectivity index (χ0n) is 8.96. The van der Waals surface area contributed by atoms with Crippen LogP contribution in [0.2, 0.25) is 0 Å². The first-order valence-corrected chi connectivity index (χ1v) is 4.55. The van der Waals surface area contributed by atoms with Crippen LogP contribution in [-0.4, -0.2) is 37.0 Å². The van der Waals surface area contributed by atoms with Crippen LogP contribution in [0.25, 0.3) is 0 Å². The monoisotopic (exact) mass is 216 g/mol. The topological polar surface area (TPSA) is 41.1 Å². The second kappa shape index (κ2) is 4.86. The molecule has 0 spiro atoms. The Morgan fingerprint density at radius 2 is 2.20 bits per heavy atom. The molecule has 0 fully saturated rings. The Morgan fingerprint density at radius 1 is 1.53 bits per heavy atom.